The first-order valence-electron chi connectivity index (χ1n) is 9.04. The molecule has 1 aromatic carbocycles. The van der Waals surface area contributed by atoms with Crippen LogP contribution in [0.1, 0.15) is 34.3 Å². The van der Waals surface area contributed by atoms with Gasteiger partial charge in [-0.05, 0) is 43.0 Å². The van der Waals surface area contributed by atoms with Crippen molar-refractivity contribution in [3.05, 3.63) is 71.5 Å². The molecule has 3 aromatic rings. The highest BCUT2D eigenvalue weighted by Crippen LogP contribution is 2.36. The highest BCUT2D eigenvalue weighted by Gasteiger charge is 2.36. The fraction of sp³-hybridized carbons (Fsp3) is 0.333. The lowest BCUT2D eigenvalue weighted by Crippen LogP contribution is -2.45. The van der Waals surface area contributed by atoms with Crippen LogP contribution in [-0.2, 0) is 10.2 Å². The molecular formula is C21H23N3O2. The number of rotatable bonds is 4. The molecule has 0 unspecified atom stereocenters. The van der Waals surface area contributed by atoms with E-state index >= 15 is 0 Å². The fourth-order valence-corrected chi connectivity index (χ4v) is 3.93. The molecule has 1 amide bonds. The molecule has 1 saturated heterocycles. The van der Waals surface area contributed by atoms with Gasteiger partial charge in [0.25, 0.3) is 5.91 Å². The largest absolute Gasteiger partial charge is 0.381 e. The molecule has 1 N–H and O–H groups in total. The standard InChI is InChI=1S/C21H23N3O2/c1-16-6-2-3-7-18(16)21(9-12-26-13-10-21)15-22-20(25)17-14-23-24-11-5-4-8-19(17)24/h2-8,11,14H,9-10,12-13,15H2,1H3,(H,22,25). The van der Waals surface area contributed by atoms with E-state index in [1.54, 1.807) is 10.7 Å². The van der Waals surface area contributed by atoms with Gasteiger partial charge in [0, 0.05) is 31.4 Å². The number of carbonyl (C=O) groups excluding carboxylic acids is 1. The monoisotopic (exact) mass is 349 g/mol. The van der Waals surface area contributed by atoms with Crippen LogP contribution >= 0.6 is 0 Å². The summed E-state index contributed by atoms with van der Waals surface area (Å²) in [5.41, 5.74) is 3.92. The summed E-state index contributed by atoms with van der Waals surface area (Å²) < 4.78 is 7.32. The van der Waals surface area contributed by atoms with Crippen molar-refractivity contribution in [1.82, 2.24) is 14.9 Å². The third kappa shape index (κ3) is 2.99. The van der Waals surface area contributed by atoms with E-state index in [9.17, 15) is 4.79 Å². The molecule has 4 rings (SSSR count). The average Bonchev–Trinajstić information content (AvgIpc) is 3.11. The Balaban J connectivity index is 1.59. The van der Waals surface area contributed by atoms with E-state index in [0.29, 0.717) is 12.1 Å². The summed E-state index contributed by atoms with van der Waals surface area (Å²) in [5, 5.41) is 7.43. The van der Waals surface area contributed by atoms with Crippen LogP contribution in [0.2, 0.25) is 0 Å². The minimum Gasteiger partial charge on any atom is -0.381 e. The van der Waals surface area contributed by atoms with Gasteiger partial charge in [0.2, 0.25) is 0 Å². The lowest BCUT2D eigenvalue weighted by atomic mass is 9.72. The van der Waals surface area contributed by atoms with Gasteiger partial charge in [-0.3, -0.25) is 4.79 Å². The van der Waals surface area contributed by atoms with Gasteiger partial charge in [-0.15, -0.1) is 0 Å². The van der Waals surface area contributed by atoms with Crippen molar-refractivity contribution < 1.29 is 9.53 Å². The summed E-state index contributed by atoms with van der Waals surface area (Å²) in [6.45, 7) is 4.19. The van der Waals surface area contributed by atoms with Crippen molar-refractivity contribution in [2.24, 2.45) is 0 Å². The van der Waals surface area contributed by atoms with E-state index in [2.05, 4.69) is 41.6 Å². The molecule has 5 nitrogen and oxygen atoms in total. The molecule has 0 saturated carbocycles. The number of nitrogens with one attached hydrogen (secondary N) is 1. The molecule has 2 aromatic heterocycles. The van der Waals surface area contributed by atoms with Crippen LogP contribution in [-0.4, -0.2) is 35.3 Å². The van der Waals surface area contributed by atoms with Gasteiger partial charge >= 0.3 is 0 Å². The van der Waals surface area contributed by atoms with Crippen LogP contribution in [0.15, 0.2) is 54.9 Å². The molecule has 0 atom stereocenters. The summed E-state index contributed by atoms with van der Waals surface area (Å²) in [4.78, 5) is 12.8. The van der Waals surface area contributed by atoms with E-state index < -0.39 is 0 Å². The van der Waals surface area contributed by atoms with Gasteiger partial charge in [-0.25, -0.2) is 4.52 Å². The minimum atomic E-state index is -0.0811. The number of benzene rings is 1. The zero-order valence-corrected chi connectivity index (χ0v) is 14.9. The SMILES string of the molecule is Cc1ccccc1C1(CNC(=O)c2cnn3ccccc23)CCOCC1. The molecule has 1 aliphatic rings. The summed E-state index contributed by atoms with van der Waals surface area (Å²) in [7, 11) is 0. The van der Waals surface area contributed by atoms with Gasteiger partial charge in [-0.2, -0.15) is 5.10 Å². The molecule has 5 heteroatoms. The number of amides is 1. The number of fused-ring (bicyclic) bond motifs is 1. The average molecular weight is 349 g/mol. The number of hydrogen-bond donors (Lipinski definition) is 1. The first-order chi connectivity index (χ1) is 12.7. The van der Waals surface area contributed by atoms with Crippen LogP contribution < -0.4 is 5.32 Å². The first kappa shape index (κ1) is 16.8. The Hall–Kier alpha value is -2.66. The second-order valence-electron chi connectivity index (χ2n) is 6.98. The molecule has 1 aliphatic heterocycles. The maximum Gasteiger partial charge on any atom is 0.255 e. The van der Waals surface area contributed by atoms with Gasteiger partial charge in [0.1, 0.15) is 0 Å². The molecule has 0 radical (unpaired) electrons. The van der Waals surface area contributed by atoms with Crippen molar-refractivity contribution in [1.29, 1.82) is 0 Å². The van der Waals surface area contributed by atoms with Crippen molar-refractivity contribution in [3.8, 4) is 0 Å². The Kier molecular flexibility index (Phi) is 4.47. The van der Waals surface area contributed by atoms with Gasteiger partial charge in [0.05, 0.1) is 17.3 Å². The van der Waals surface area contributed by atoms with Gasteiger partial charge in [0.15, 0.2) is 0 Å². The zero-order valence-electron chi connectivity index (χ0n) is 14.9. The van der Waals surface area contributed by atoms with E-state index in [1.807, 2.05) is 24.4 Å². The van der Waals surface area contributed by atoms with E-state index in [1.165, 1.54) is 11.1 Å². The molecular weight excluding hydrogens is 326 g/mol. The fourth-order valence-electron chi connectivity index (χ4n) is 3.93. The maximum absolute atomic E-state index is 12.8. The van der Waals surface area contributed by atoms with Crippen LogP contribution in [0, 0.1) is 6.92 Å². The van der Waals surface area contributed by atoms with E-state index in [-0.39, 0.29) is 11.3 Å². The van der Waals surface area contributed by atoms with Crippen LogP contribution in [0.4, 0.5) is 0 Å². The normalized spacial score (nSPS) is 16.5. The van der Waals surface area contributed by atoms with Crippen LogP contribution in [0.25, 0.3) is 5.52 Å². The number of nitrogens with zero attached hydrogens (tertiary/aromatic N) is 2. The number of aryl methyl sites for hydroxylation is 1. The molecule has 0 spiro atoms. The Morgan fingerprint density at radius 2 is 1.96 bits per heavy atom. The summed E-state index contributed by atoms with van der Waals surface area (Å²) in [5.74, 6) is -0.0781. The van der Waals surface area contributed by atoms with Crippen LogP contribution in [0.3, 0.4) is 0 Å². The quantitative estimate of drug-likeness (QED) is 0.787. The number of hydrogen-bond acceptors (Lipinski definition) is 3. The lowest BCUT2D eigenvalue weighted by Gasteiger charge is -2.39. The van der Waals surface area contributed by atoms with Gasteiger partial charge < -0.3 is 10.1 Å². The minimum absolute atomic E-state index is 0.0781. The molecule has 0 aliphatic carbocycles. The number of aromatic nitrogens is 2. The molecule has 3 heterocycles. The highest BCUT2D eigenvalue weighted by molar-refractivity contribution is 6.00. The predicted octanol–water partition coefficient (Wildman–Crippen LogP) is 3.12. The van der Waals surface area contributed by atoms with Crippen molar-refractivity contribution in [2.75, 3.05) is 19.8 Å². The third-order valence-corrected chi connectivity index (χ3v) is 5.42. The zero-order chi connectivity index (χ0) is 18.0. The third-order valence-electron chi connectivity index (χ3n) is 5.42. The van der Waals surface area contributed by atoms with Crippen LogP contribution in [0.5, 0.6) is 0 Å². The Bertz CT molecular complexity index is 926. The second kappa shape index (κ2) is 6.92. The first-order valence-corrected chi connectivity index (χ1v) is 9.04. The lowest BCUT2D eigenvalue weighted by molar-refractivity contribution is 0.0485. The molecule has 0 bridgehead atoms. The van der Waals surface area contributed by atoms with Crippen molar-refractivity contribution >= 4 is 11.4 Å². The van der Waals surface area contributed by atoms with Crippen molar-refractivity contribution in [3.63, 3.8) is 0 Å². The number of carbonyl (C=O) groups is 1. The van der Waals surface area contributed by atoms with Crippen molar-refractivity contribution in [2.45, 2.75) is 25.2 Å². The summed E-state index contributed by atoms with van der Waals surface area (Å²) in [6, 6.07) is 14.2. The second-order valence-corrected chi connectivity index (χ2v) is 6.98. The smallest absolute Gasteiger partial charge is 0.255 e. The summed E-state index contributed by atoms with van der Waals surface area (Å²) >= 11 is 0. The van der Waals surface area contributed by atoms with Gasteiger partial charge in [-0.1, -0.05) is 30.3 Å². The Morgan fingerprint density at radius 1 is 1.19 bits per heavy atom. The molecule has 26 heavy (non-hydrogen) atoms. The highest BCUT2D eigenvalue weighted by atomic mass is 16.5. The summed E-state index contributed by atoms with van der Waals surface area (Å²) in [6.07, 6.45) is 5.30. The number of pyridine rings is 1. The molecule has 134 valence electrons. The Morgan fingerprint density at radius 3 is 2.77 bits per heavy atom. The maximum atomic E-state index is 12.8. The predicted molar refractivity (Wildman–Crippen MR) is 100 cm³/mol. The van der Waals surface area contributed by atoms with E-state index in [4.69, 9.17) is 4.74 Å². The Labute approximate surface area is 153 Å². The topological polar surface area (TPSA) is 55.6 Å². The number of ether oxygens (including phenoxy) is 1. The van der Waals surface area contributed by atoms with E-state index in [0.717, 1.165) is 31.6 Å². The molecule has 1 fully saturated rings.